The molecule has 2 aromatic carbocycles. The van der Waals surface area contributed by atoms with Gasteiger partial charge in [-0.05, 0) is 48.9 Å². The van der Waals surface area contributed by atoms with Gasteiger partial charge in [-0.3, -0.25) is 9.78 Å². The Morgan fingerprint density at radius 1 is 1.11 bits per heavy atom. The highest BCUT2D eigenvalue weighted by molar-refractivity contribution is 6.06. The Balaban J connectivity index is 1.60. The predicted octanol–water partition coefficient (Wildman–Crippen LogP) is 4.15. The van der Waals surface area contributed by atoms with Gasteiger partial charge in [-0.25, -0.2) is 4.68 Å². The second kappa shape index (κ2) is 9.11. The number of aromatic nitrogens is 4. The second-order valence-corrected chi connectivity index (χ2v) is 7.89. The van der Waals surface area contributed by atoms with Crippen molar-refractivity contribution in [3.8, 4) is 23.2 Å². The fraction of sp³-hybridized carbons (Fsp3) is 0.115. The van der Waals surface area contributed by atoms with Crippen molar-refractivity contribution in [2.24, 2.45) is 0 Å². The predicted molar refractivity (Wildman–Crippen MR) is 130 cm³/mol. The molecule has 2 N–H and O–H groups in total. The topological polar surface area (TPSA) is 118 Å². The summed E-state index contributed by atoms with van der Waals surface area (Å²) in [5.41, 5.74) is 3.80. The largest absolute Gasteiger partial charge is 0.495 e. The van der Waals surface area contributed by atoms with E-state index in [-0.39, 0.29) is 5.91 Å². The molecule has 0 saturated heterocycles. The van der Waals surface area contributed by atoms with Crippen LogP contribution >= 0.6 is 0 Å². The van der Waals surface area contributed by atoms with E-state index in [0.717, 1.165) is 11.1 Å². The van der Waals surface area contributed by atoms with Crippen molar-refractivity contribution in [3.63, 3.8) is 0 Å². The van der Waals surface area contributed by atoms with E-state index in [0.29, 0.717) is 40.0 Å². The fourth-order valence-electron chi connectivity index (χ4n) is 4.05. The number of carbonyl (C=O) groups is 1. The molecule has 0 spiro atoms. The van der Waals surface area contributed by atoms with Crippen molar-refractivity contribution < 1.29 is 9.53 Å². The minimum absolute atomic E-state index is 0.305. The number of ether oxygens (including phenoxy) is 1. The van der Waals surface area contributed by atoms with Crippen LogP contribution in [0.3, 0.4) is 0 Å². The zero-order valence-corrected chi connectivity index (χ0v) is 19.1. The van der Waals surface area contributed by atoms with Crippen molar-refractivity contribution >= 4 is 17.5 Å². The summed E-state index contributed by atoms with van der Waals surface area (Å²) in [5.74, 6) is 1.27. The molecule has 0 saturated carbocycles. The van der Waals surface area contributed by atoms with E-state index in [4.69, 9.17) is 9.84 Å². The molecule has 1 atom stereocenters. The van der Waals surface area contributed by atoms with E-state index in [1.165, 1.54) is 0 Å². The number of allylic oxidation sites excluding steroid dienone is 1. The van der Waals surface area contributed by atoms with Gasteiger partial charge in [0.25, 0.3) is 5.91 Å². The van der Waals surface area contributed by atoms with Crippen LogP contribution < -0.4 is 15.4 Å². The third-order valence-electron chi connectivity index (χ3n) is 5.75. The zero-order valence-electron chi connectivity index (χ0n) is 19.1. The highest BCUT2D eigenvalue weighted by Crippen LogP contribution is 2.37. The quantitative estimate of drug-likeness (QED) is 0.456. The van der Waals surface area contributed by atoms with Gasteiger partial charge < -0.3 is 15.4 Å². The molecule has 3 heterocycles. The van der Waals surface area contributed by atoms with Gasteiger partial charge in [0.1, 0.15) is 11.8 Å². The Morgan fingerprint density at radius 2 is 1.86 bits per heavy atom. The summed E-state index contributed by atoms with van der Waals surface area (Å²) in [6.45, 7) is 1.83. The number of nitrogens with one attached hydrogen (secondary N) is 2. The maximum Gasteiger partial charge on any atom is 0.255 e. The van der Waals surface area contributed by atoms with Gasteiger partial charge in [-0.2, -0.15) is 10.2 Å². The summed E-state index contributed by atoms with van der Waals surface area (Å²) >= 11 is 0. The molecule has 35 heavy (non-hydrogen) atoms. The number of para-hydroxylation sites is 2. The second-order valence-electron chi connectivity index (χ2n) is 7.89. The SMILES string of the molecule is COc1ccccc1NC(=O)C1=C(C)Nc2nc(-c3ccncc3)nn2C1c1ccc(C#N)cc1. The Hall–Kier alpha value is -4.97. The van der Waals surface area contributed by atoms with Gasteiger partial charge in [0.2, 0.25) is 5.95 Å². The molecule has 1 amide bonds. The monoisotopic (exact) mass is 463 g/mol. The Bertz CT molecular complexity index is 1470. The van der Waals surface area contributed by atoms with E-state index < -0.39 is 6.04 Å². The van der Waals surface area contributed by atoms with E-state index in [1.54, 1.807) is 48.5 Å². The Morgan fingerprint density at radius 3 is 2.57 bits per heavy atom. The minimum atomic E-state index is -0.572. The molecule has 9 nitrogen and oxygen atoms in total. The summed E-state index contributed by atoms with van der Waals surface area (Å²) in [7, 11) is 1.56. The number of nitriles is 1. The highest BCUT2D eigenvalue weighted by atomic mass is 16.5. The number of pyridine rings is 1. The van der Waals surface area contributed by atoms with Crippen LogP contribution in [0, 0.1) is 11.3 Å². The molecule has 2 aromatic heterocycles. The Kier molecular flexibility index (Phi) is 5.69. The van der Waals surface area contributed by atoms with Gasteiger partial charge in [0, 0.05) is 23.7 Å². The minimum Gasteiger partial charge on any atom is -0.495 e. The molecular weight excluding hydrogens is 442 g/mol. The van der Waals surface area contributed by atoms with E-state index in [9.17, 15) is 10.1 Å². The Labute approximate surface area is 201 Å². The molecule has 9 heteroatoms. The standard InChI is InChI=1S/C26H21N7O2/c1-16-22(25(34)30-20-5-3-4-6-21(20)35-2)23(18-9-7-17(15-27)8-10-18)33-26(29-16)31-24(32-33)19-11-13-28-14-12-19/h3-14,23H,1-2H3,(H,30,34)(H,29,31,32). The van der Waals surface area contributed by atoms with E-state index in [1.807, 2.05) is 43.3 Å². The first-order chi connectivity index (χ1) is 17.1. The number of anilines is 2. The molecule has 1 aliphatic rings. The molecule has 1 unspecified atom stereocenters. The lowest BCUT2D eigenvalue weighted by Crippen LogP contribution is -2.31. The molecular formula is C26H21N7O2. The maximum absolute atomic E-state index is 13.7. The molecule has 0 fully saturated rings. The lowest BCUT2D eigenvalue weighted by atomic mass is 9.94. The summed E-state index contributed by atoms with van der Waals surface area (Å²) in [6.07, 6.45) is 3.35. The van der Waals surface area contributed by atoms with E-state index >= 15 is 0 Å². The number of benzene rings is 2. The lowest BCUT2D eigenvalue weighted by Gasteiger charge is -2.28. The summed E-state index contributed by atoms with van der Waals surface area (Å²) in [5, 5.41) is 20.2. The fourth-order valence-corrected chi connectivity index (χ4v) is 4.05. The number of rotatable bonds is 5. The molecule has 0 aliphatic carbocycles. The molecule has 5 rings (SSSR count). The third kappa shape index (κ3) is 4.09. The lowest BCUT2D eigenvalue weighted by molar-refractivity contribution is -0.113. The average Bonchev–Trinajstić information content (AvgIpc) is 3.32. The number of fused-ring (bicyclic) bond motifs is 1. The van der Waals surface area contributed by atoms with Crippen LogP contribution in [0.15, 0.2) is 84.3 Å². The third-order valence-corrected chi connectivity index (χ3v) is 5.75. The van der Waals surface area contributed by atoms with Gasteiger partial charge in [0.15, 0.2) is 5.82 Å². The number of hydrogen-bond acceptors (Lipinski definition) is 7. The van der Waals surface area contributed by atoms with Crippen LogP contribution in [0.5, 0.6) is 5.75 Å². The number of hydrogen-bond donors (Lipinski definition) is 2. The smallest absolute Gasteiger partial charge is 0.255 e. The highest BCUT2D eigenvalue weighted by Gasteiger charge is 2.34. The van der Waals surface area contributed by atoms with Crippen molar-refractivity contribution in [2.75, 3.05) is 17.7 Å². The van der Waals surface area contributed by atoms with Crippen LogP contribution in [-0.4, -0.2) is 32.8 Å². The number of carbonyl (C=O) groups excluding carboxylic acids is 1. The van der Waals surface area contributed by atoms with Crippen LogP contribution in [0.4, 0.5) is 11.6 Å². The molecule has 1 aliphatic heterocycles. The van der Waals surface area contributed by atoms with Gasteiger partial charge >= 0.3 is 0 Å². The molecule has 4 aromatic rings. The first-order valence-corrected chi connectivity index (χ1v) is 10.9. The van der Waals surface area contributed by atoms with Crippen LogP contribution in [0.1, 0.15) is 24.1 Å². The average molecular weight is 464 g/mol. The first kappa shape index (κ1) is 21.9. The number of amides is 1. The van der Waals surface area contributed by atoms with Crippen LogP contribution in [0.2, 0.25) is 0 Å². The van der Waals surface area contributed by atoms with Gasteiger partial charge in [-0.15, -0.1) is 5.10 Å². The molecule has 0 bridgehead atoms. The summed E-state index contributed by atoms with van der Waals surface area (Å²) < 4.78 is 7.09. The van der Waals surface area contributed by atoms with Crippen LogP contribution in [-0.2, 0) is 4.79 Å². The first-order valence-electron chi connectivity index (χ1n) is 10.9. The van der Waals surface area contributed by atoms with E-state index in [2.05, 4.69) is 26.7 Å². The summed E-state index contributed by atoms with van der Waals surface area (Å²) in [6, 6.07) is 19.5. The maximum atomic E-state index is 13.7. The van der Waals surface area contributed by atoms with Gasteiger partial charge in [0.05, 0.1) is 30.0 Å². The molecule has 0 radical (unpaired) electrons. The van der Waals surface area contributed by atoms with Crippen molar-refractivity contribution in [2.45, 2.75) is 13.0 Å². The van der Waals surface area contributed by atoms with Crippen molar-refractivity contribution in [3.05, 3.63) is 95.5 Å². The van der Waals surface area contributed by atoms with Crippen LogP contribution in [0.25, 0.3) is 11.4 Å². The zero-order chi connectivity index (χ0) is 24.4. The normalized spacial score (nSPS) is 14.5. The summed E-state index contributed by atoms with van der Waals surface area (Å²) in [4.78, 5) is 22.4. The van der Waals surface area contributed by atoms with Gasteiger partial charge in [-0.1, -0.05) is 24.3 Å². The number of nitrogens with zero attached hydrogens (tertiary/aromatic N) is 5. The number of methoxy groups -OCH3 is 1. The van der Waals surface area contributed by atoms with Crippen molar-refractivity contribution in [1.29, 1.82) is 5.26 Å². The van der Waals surface area contributed by atoms with Crippen molar-refractivity contribution in [1.82, 2.24) is 19.7 Å². The molecule has 172 valence electrons.